The standard InChI is InChI=1S/C19H28N2O3/c1-5-15-10-6-7-12-21(15)18(23)19(2,3)17(22)20-14-9-8-11-16(13-14)24-4/h8-9,11,13,15H,5-7,10,12H2,1-4H3,(H,20,22). The number of nitrogens with zero attached hydrogens (tertiary/aromatic N) is 1. The summed E-state index contributed by atoms with van der Waals surface area (Å²) in [6.45, 7) is 6.24. The predicted octanol–water partition coefficient (Wildman–Crippen LogP) is 3.45. The Kier molecular flexibility index (Phi) is 5.86. The number of nitrogens with one attached hydrogen (secondary N) is 1. The molecule has 0 aliphatic carbocycles. The average molecular weight is 332 g/mol. The summed E-state index contributed by atoms with van der Waals surface area (Å²) in [4.78, 5) is 27.6. The number of rotatable bonds is 5. The van der Waals surface area contributed by atoms with Gasteiger partial charge in [-0.1, -0.05) is 13.0 Å². The number of carbonyl (C=O) groups is 2. The lowest BCUT2D eigenvalue weighted by Gasteiger charge is -2.39. The maximum atomic E-state index is 13.0. The maximum absolute atomic E-state index is 13.0. The van der Waals surface area contributed by atoms with E-state index >= 15 is 0 Å². The summed E-state index contributed by atoms with van der Waals surface area (Å²) in [7, 11) is 1.58. The van der Waals surface area contributed by atoms with Crippen LogP contribution < -0.4 is 10.1 Å². The Morgan fingerprint density at radius 2 is 2.08 bits per heavy atom. The molecule has 0 bridgehead atoms. The van der Waals surface area contributed by atoms with Crippen LogP contribution in [0.3, 0.4) is 0 Å². The summed E-state index contributed by atoms with van der Waals surface area (Å²) in [6, 6.07) is 7.40. The van der Waals surface area contributed by atoms with Crippen LogP contribution >= 0.6 is 0 Å². The van der Waals surface area contributed by atoms with E-state index < -0.39 is 5.41 Å². The van der Waals surface area contributed by atoms with Crippen LogP contribution in [-0.2, 0) is 9.59 Å². The number of amides is 2. The second-order valence-electron chi connectivity index (χ2n) is 6.87. The van der Waals surface area contributed by atoms with Gasteiger partial charge in [0.15, 0.2) is 0 Å². The van der Waals surface area contributed by atoms with E-state index in [2.05, 4.69) is 12.2 Å². The van der Waals surface area contributed by atoms with E-state index in [0.29, 0.717) is 11.4 Å². The number of ether oxygens (including phenoxy) is 1. The van der Waals surface area contributed by atoms with Gasteiger partial charge in [-0.15, -0.1) is 0 Å². The first-order valence-corrected chi connectivity index (χ1v) is 8.66. The van der Waals surface area contributed by atoms with Crippen molar-refractivity contribution in [2.75, 3.05) is 19.0 Å². The summed E-state index contributed by atoms with van der Waals surface area (Å²) in [5.41, 5.74) is -0.473. The summed E-state index contributed by atoms with van der Waals surface area (Å²) >= 11 is 0. The molecule has 0 spiro atoms. The minimum atomic E-state index is -1.10. The Balaban J connectivity index is 2.12. The van der Waals surface area contributed by atoms with E-state index in [1.807, 2.05) is 11.0 Å². The van der Waals surface area contributed by atoms with E-state index in [-0.39, 0.29) is 17.9 Å². The number of benzene rings is 1. The molecule has 5 nitrogen and oxygen atoms in total. The van der Waals surface area contributed by atoms with Crippen molar-refractivity contribution in [2.45, 2.75) is 52.5 Å². The molecule has 1 aromatic rings. The molecule has 132 valence electrons. The summed E-state index contributed by atoms with van der Waals surface area (Å²) < 4.78 is 5.17. The van der Waals surface area contributed by atoms with E-state index in [1.165, 1.54) is 0 Å². The van der Waals surface area contributed by atoms with Crippen molar-refractivity contribution >= 4 is 17.5 Å². The molecule has 0 radical (unpaired) electrons. The number of likely N-dealkylation sites (tertiary alicyclic amines) is 1. The fraction of sp³-hybridized carbons (Fsp3) is 0.579. The Labute approximate surface area is 144 Å². The number of hydrogen-bond acceptors (Lipinski definition) is 3. The monoisotopic (exact) mass is 332 g/mol. The van der Waals surface area contributed by atoms with Gasteiger partial charge in [0.1, 0.15) is 11.2 Å². The van der Waals surface area contributed by atoms with E-state index in [0.717, 1.165) is 32.2 Å². The van der Waals surface area contributed by atoms with Crippen molar-refractivity contribution in [1.82, 2.24) is 4.90 Å². The van der Waals surface area contributed by atoms with Gasteiger partial charge in [0.25, 0.3) is 0 Å². The van der Waals surface area contributed by atoms with Gasteiger partial charge in [-0.25, -0.2) is 0 Å². The highest BCUT2D eigenvalue weighted by molar-refractivity contribution is 6.10. The van der Waals surface area contributed by atoms with Crippen molar-refractivity contribution in [2.24, 2.45) is 5.41 Å². The van der Waals surface area contributed by atoms with Gasteiger partial charge in [-0.05, 0) is 51.7 Å². The molecule has 0 aromatic heterocycles. The van der Waals surface area contributed by atoms with Gasteiger partial charge in [-0.3, -0.25) is 9.59 Å². The van der Waals surface area contributed by atoms with Crippen molar-refractivity contribution in [3.63, 3.8) is 0 Å². The third kappa shape index (κ3) is 3.89. The van der Waals surface area contributed by atoms with Crippen LogP contribution in [0.1, 0.15) is 46.5 Å². The molecule has 1 N–H and O–H groups in total. The van der Waals surface area contributed by atoms with Crippen molar-refractivity contribution in [3.05, 3.63) is 24.3 Å². The first-order chi connectivity index (χ1) is 11.4. The summed E-state index contributed by atoms with van der Waals surface area (Å²) in [6.07, 6.45) is 4.11. The molecule has 1 saturated heterocycles. The molecule has 1 aromatic carbocycles. The first kappa shape index (κ1) is 18.3. The Bertz CT molecular complexity index is 598. The molecule has 1 aliphatic heterocycles. The largest absolute Gasteiger partial charge is 0.497 e. The van der Waals surface area contributed by atoms with E-state index in [4.69, 9.17) is 4.74 Å². The van der Waals surface area contributed by atoms with Gasteiger partial charge in [-0.2, -0.15) is 0 Å². The van der Waals surface area contributed by atoms with Gasteiger partial charge in [0.2, 0.25) is 11.8 Å². The number of anilines is 1. The maximum Gasteiger partial charge on any atom is 0.239 e. The average Bonchev–Trinajstić information content (AvgIpc) is 2.61. The van der Waals surface area contributed by atoms with Gasteiger partial charge < -0.3 is 15.0 Å². The number of methoxy groups -OCH3 is 1. The molecular formula is C19H28N2O3. The number of piperidine rings is 1. The topological polar surface area (TPSA) is 58.6 Å². The van der Waals surface area contributed by atoms with Crippen molar-refractivity contribution in [3.8, 4) is 5.75 Å². The van der Waals surface area contributed by atoms with E-state index in [9.17, 15) is 9.59 Å². The van der Waals surface area contributed by atoms with E-state index in [1.54, 1.807) is 39.2 Å². The van der Waals surface area contributed by atoms with Crippen LogP contribution in [-0.4, -0.2) is 36.4 Å². The number of hydrogen-bond donors (Lipinski definition) is 1. The highest BCUT2D eigenvalue weighted by atomic mass is 16.5. The normalized spacial score (nSPS) is 18.2. The molecule has 1 fully saturated rings. The Hall–Kier alpha value is -2.04. The molecule has 1 heterocycles. The Morgan fingerprint density at radius 1 is 1.33 bits per heavy atom. The lowest BCUT2D eigenvalue weighted by molar-refractivity contribution is -0.149. The highest BCUT2D eigenvalue weighted by Crippen LogP contribution is 2.28. The molecular weight excluding hydrogens is 304 g/mol. The van der Waals surface area contributed by atoms with Crippen molar-refractivity contribution < 1.29 is 14.3 Å². The van der Waals surface area contributed by atoms with Crippen LogP contribution in [0.15, 0.2) is 24.3 Å². The van der Waals surface area contributed by atoms with Gasteiger partial charge in [0, 0.05) is 24.3 Å². The fourth-order valence-corrected chi connectivity index (χ4v) is 3.14. The zero-order chi connectivity index (χ0) is 17.7. The second kappa shape index (κ2) is 7.69. The highest BCUT2D eigenvalue weighted by Gasteiger charge is 2.41. The molecule has 24 heavy (non-hydrogen) atoms. The third-order valence-corrected chi connectivity index (χ3v) is 4.79. The second-order valence-corrected chi connectivity index (χ2v) is 6.87. The molecule has 1 unspecified atom stereocenters. The fourth-order valence-electron chi connectivity index (χ4n) is 3.14. The van der Waals surface area contributed by atoms with Gasteiger partial charge in [0.05, 0.1) is 7.11 Å². The van der Waals surface area contributed by atoms with Crippen LogP contribution in [0, 0.1) is 5.41 Å². The van der Waals surface area contributed by atoms with Crippen LogP contribution in [0.25, 0.3) is 0 Å². The first-order valence-electron chi connectivity index (χ1n) is 8.66. The minimum Gasteiger partial charge on any atom is -0.497 e. The molecule has 1 aliphatic rings. The lowest BCUT2D eigenvalue weighted by atomic mass is 9.87. The van der Waals surface area contributed by atoms with Crippen molar-refractivity contribution in [1.29, 1.82) is 0 Å². The molecule has 5 heteroatoms. The summed E-state index contributed by atoms with van der Waals surface area (Å²) in [5.74, 6) is 0.287. The zero-order valence-electron chi connectivity index (χ0n) is 15.1. The molecule has 1 atom stereocenters. The molecule has 0 saturated carbocycles. The quantitative estimate of drug-likeness (QED) is 0.840. The lowest BCUT2D eigenvalue weighted by Crippen LogP contribution is -2.52. The van der Waals surface area contributed by atoms with Crippen LogP contribution in [0.4, 0.5) is 5.69 Å². The zero-order valence-corrected chi connectivity index (χ0v) is 15.1. The number of carbonyl (C=O) groups excluding carboxylic acids is 2. The molecule has 2 amide bonds. The smallest absolute Gasteiger partial charge is 0.239 e. The van der Waals surface area contributed by atoms with Gasteiger partial charge >= 0.3 is 0 Å². The SMILES string of the molecule is CCC1CCCCN1C(=O)C(C)(C)C(=O)Nc1cccc(OC)c1. The molecule has 2 rings (SSSR count). The third-order valence-electron chi connectivity index (χ3n) is 4.79. The minimum absolute atomic E-state index is 0.0885. The van der Waals surface area contributed by atoms with Crippen LogP contribution in [0.5, 0.6) is 5.75 Å². The predicted molar refractivity (Wildman–Crippen MR) is 95.0 cm³/mol. The summed E-state index contributed by atoms with van der Waals surface area (Å²) in [5, 5.41) is 2.84. The van der Waals surface area contributed by atoms with Crippen LogP contribution in [0.2, 0.25) is 0 Å². The Morgan fingerprint density at radius 3 is 2.75 bits per heavy atom.